The van der Waals surface area contributed by atoms with E-state index in [1.807, 2.05) is 0 Å². The zero-order valence-corrected chi connectivity index (χ0v) is 10.1. The fraction of sp³-hybridized carbons (Fsp3) is 0.455. The Hall–Kier alpha value is -1.40. The highest BCUT2D eigenvalue weighted by molar-refractivity contribution is 7.12. The van der Waals surface area contributed by atoms with Gasteiger partial charge in [0.25, 0.3) is 5.91 Å². The summed E-state index contributed by atoms with van der Waals surface area (Å²) in [4.78, 5) is 23.5. The number of rotatable bonds is 3. The molecule has 17 heavy (non-hydrogen) atoms. The van der Waals surface area contributed by atoms with Gasteiger partial charge in [-0.3, -0.25) is 10.1 Å². The van der Waals surface area contributed by atoms with Gasteiger partial charge in [-0.2, -0.15) is 0 Å². The number of hydrogen-bond acceptors (Lipinski definition) is 4. The highest BCUT2D eigenvalue weighted by Gasteiger charge is 2.17. The van der Waals surface area contributed by atoms with Crippen LogP contribution in [0.2, 0.25) is 0 Å². The minimum atomic E-state index is -0.473. The number of nitrogens with one attached hydrogen (secondary N) is 2. The topological polar surface area (TPSA) is 67.4 Å². The molecule has 1 fully saturated rings. The van der Waals surface area contributed by atoms with Gasteiger partial charge in [-0.1, -0.05) is 6.07 Å². The van der Waals surface area contributed by atoms with E-state index in [0.29, 0.717) is 11.4 Å². The van der Waals surface area contributed by atoms with Crippen LogP contribution in [-0.4, -0.2) is 31.2 Å². The molecule has 0 bridgehead atoms. The van der Waals surface area contributed by atoms with Crippen molar-refractivity contribution >= 4 is 23.3 Å². The molecule has 1 aliphatic rings. The van der Waals surface area contributed by atoms with E-state index in [1.165, 1.54) is 11.3 Å². The first-order chi connectivity index (χ1) is 8.25. The lowest BCUT2D eigenvalue weighted by Crippen LogP contribution is -2.42. The molecule has 1 aromatic heterocycles. The van der Waals surface area contributed by atoms with Crippen LogP contribution < -0.4 is 10.6 Å². The van der Waals surface area contributed by atoms with Gasteiger partial charge < -0.3 is 10.1 Å². The number of urea groups is 1. The molecule has 1 saturated heterocycles. The highest BCUT2D eigenvalue weighted by Crippen LogP contribution is 2.10. The summed E-state index contributed by atoms with van der Waals surface area (Å²) in [6, 6.07) is 2.97. The summed E-state index contributed by atoms with van der Waals surface area (Å²) >= 11 is 1.30. The summed E-state index contributed by atoms with van der Waals surface area (Å²) in [5, 5.41) is 6.69. The molecule has 92 valence electrons. The molecule has 0 saturated carbocycles. The highest BCUT2D eigenvalue weighted by atomic mass is 32.1. The van der Waals surface area contributed by atoms with Crippen molar-refractivity contribution in [2.75, 3.05) is 13.2 Å². The van der Waals surface area contributed by atoms with Gasteiger partial charge >= 0.3 is 6.03 Å². The first-order valence-corrected chi connectivity index (χ1v) is 6.38. The Morgan fingerprint density at radius 3 is 3.06 bits per heavy atom. The molecule has 6 heteroatoms. The maximum atomic E-state index is 11.5. The largest absolute Gasteiger partial charge is 0.376 e. The molecular weight excluding hydrogens is 240 g/mol. The lowest BCUT2D eigenvalue weighted by molar-refractivity contribution is 0.0958. The summed E-state index contributed by atoms with van der Waals surface area (Å²) in [6.45, 7) is 1.20. The third-order valence-corrected chi connectivity index (χ3v) is 3.35. The number of amides is 3. The van der Waals surface area contributed by atoms with Gasteiger partial charge in [-0.15, -0.1) is 11.3 Å². The van der Waals surface area contributed by atoms with Crippen molar-refractivity contribution in [3.8, 4) is 0 Å². The van der Waals surface area contributed by atoms with Crippen LogP contribution in [0.15, 0.2) is 17.5 Å². The van der Waals surface area contributed by atoms with Crippen LogP contribution in [0.1, 0.15) is 22.5 Å². The molecule has 1 atom stereocenters. The molecule has 0 aliphatic carbocycles. The Morgan fingerprint density at radius 1 is 1.53 bits per heavy atom. The Balaban J connectivity index is 1.71. The van der Waals surface area contributed by atoms with Gasteiger partial charge in [-0.25, -0.2) is 4.79 Å². The molecule has 3 amide bonds. The fourth-order valence-electron chi connectivity index (χ4n) is 1.63. The van der Waals surface area contributed by atoms with E-state index in [-0.39, 0.29) is 12.0 Å². The van der Waals surface area contributed by atoms with Crippen molar-refractivity contribution in [2.24, 2.45) is 0 Å². The van der Waals surface area contributed by atoms with Crippen LogP contribution >= 0.6 is 11.3 Å². The van der Waals surface area contributed by atoms with Crippen molar-refractivity contribution in [3.05, 3.63) is 22.4 Å². The van der Waals surface area contributed by atoms with Crippen molar-refractivity contribution < 1.29 is 14.3 Å². The second kappa shape index (κ2) is 5.79. The van der Waals surface area contributed by atoms with E-state index in [4.69, 9.17) is 4.74 Å². The first-order valence-electron chi connectivity index (χ1n) is 5.50. The van der Waals surface area contributed by atoms with Crippen molar-refractivity contribution in [1.82, 2.24) is 10.6 Å². The van der Waals surface area contributed by atoms with Gasteiger partial charge in [0.15, 0.2) is 0 Å². The SMILES string of the molecule is O=C(NCC1CCCO1)NC(=O)c1cccs1. The molecule has 0 radical (unpaired) electrons. The molecule has 0 spiro atoms. The smallest absolute Gasteiger partial charge is 0.321 e. The monoisotopic (exact) mass is 254 g/mol. The average molecular weight is 254 g/mol. The van der Waals surface area contributed by atoms with Gasteiger partial charge in [-0.05, 0) is 24.3 Å². The minimum Gasteiger partial charge on any atom is -0.376 e. The molecule has 0 aromatic carbocycles. The number of carbonyl (C=O) groups is 2. The fourth-order valence-corrected chi connectivity index (χ4v) is 2.25. The van der Waals surface area contributed by atoms with Crippen LogP contribution in [0.4, 0.5) is 4.79 Å². The summed E-state index contributed by atoms with van der Waals surface area (Å²) in [7, 11) is 0. The molecule has 2 heterocycles. The summed E-state index contributed by atoms with van der Waals surface area (Å²) in [6.07, 6.45) is 2.07. The minimum absolute atomic E-state index is 0.0811. The maximum Gasteiger partial charge on any atom is 0.321 e. The second-order valence-corrected chi connectivity index (χ2v) is 4.72. The van der Waals surface area contributed by atoms with E-state index < -0.39 is 6.03 Å². The quantitative estimate of drug-likeness (QED) is 0.856. The summed E-state index contributed by atoms with van der Waals surface area (Å²) < 4.78 is 5.36. The van der Waals surface area contributed by atoms with E-state index in [0.717, 1.165) is 19.4 Å². The Kier molecular flexibility index (Phi) is 4.11. The maximum absolute atomic E-state index is 11.5. The molecule has 1 aliphatic heterocycles. The zero-order valence-electron chi connectivity index (χ0n) is 9.27. The zero-order chi connectivity index (χ0) is 12.1. The number of ether oxygens (including phenoxy) is 1. The Bertz CT molecular complexity index is 385. The van der Waals surface area contributed by atoms with Gasteiger partial charge in [0, 0.05) is 13.2 Å². The molecule has 5 nitrogen and oxygen atoms in total. The lowest BCUT2D eigenvalue weighted by atomic mass is 10.2. The molecule has 1 aromatic rings. The predicted molar refractivity (Wildman–Crippen MR) is 64.2 cm³/mol. The first kappa shape index (κ1) is 12.1. The number of carbonyl (C=O) groups excluding carboxylic acids is 2. The van der Waals surface area contributed by atoms with Gasteiger partial charge in [0.1, 0.15) is 0 Å². The molecule has 2 N–H and O–H groups in total. The second-order valence-electron chi connectivity index (χ2n) is 3.78. The number of hydrogen-bond donors (Lipinski definition) is 2. The average Bonchev–Trinajstić information content (AvgIpc) is 2.99. The van der Waals surface area contributed by atoms with E-state index in [2.05, 4.69) is 10.6 Å². The van der Waals surface area contributed by atoms with Crippen LogP contribution in [0.5, 0.6) is 0 Å². The third kappa shape index (κ3) is 3.54. The van der Waals surface area contributed by atoms with Crippen molar-refractivity contribution in [1.29, 1.82) is 0 Å². The Labute approximate surface area is 103 Å². The molecular formula is C11H14N2O3S. The molecule has 1 unspecified atom stereocenters. The van der Waals surface area contributed by atoms with Crippen molar-refractivity contribution in [3.63, 3.8) is 0 Å². The standard InChI is InChI=1S/C11H14N2O3S/c14-10(9-4-2-6-17-9)13-11(15)12-7-8-3-1-5-16-8/h2,4,6,8H,1,3,5,7H2,(H2,12,13,14,15). The number of thiophene rings is 1. The Morgan fingerprint density at radius 2 is 2.41 bits per heavy atom. The lowest BCUT2D eigenvalue weighted by Gasteiger charge is -2.10. The van der Waals surface area contributed by atoms with Crippen LogP contribution in [0.25, 0.3) is 0 Å². The van der Waals surface area contributed by atoms with E-state index in [1.54, 1.807) is 17.5 Å². The predicted octanol–water partition coefficient (Wildman–Crippen LogP) is 1.37. The third-order valence-electron chi connectivity index (χ3n) is 2.49. The van der Waals surface area contributed by atoms with Crippen LogP contribution in [0, 0.1) is 0 Å². The normalized spacial score (nSPS) is 18.9. The van der Waals surface area contributed by atoms with E-state index >= 15 is 0 Å². The van der Waals surface area contributed by atoms with Crippen LogP contribution in [-0.2, 0) is 4.74 Å². The van der Waals surface area contributed by atoms with Gasteiger partial charge in [0.2, 0.25) is 0 Å². The number of imide groups is 1. The van der Waals surface area contributed by atoms with Gasteiger partial charge in [0.05, 0.1) is 11.0 Å². The summed E-state index contributed by atoms with van der Waals surface area (Å²) in [5.41, 5.74) is 0. The van der Waals surface area contributed by atoms with Crippen molar-refractivity contribution in [2.45, 2.75) is 18.9 Å². The van der Waals surface area contributed by atoms with E-state index in [9.17, 15) is 9.59 Å². The van der Waals surface area contributed by atoms with Crippen LogP contribution in [0.3, 0.4) is 0 Å². The molecule has 2 rings (SSSR count). The summed E-state index contributed by atoms with van der Waals surface area (Å²) in [5.74, 6) is -0.371.